The van der Waals surface area contributed by atoms with Crippen molar-refractivity contribution in [3.63, 3.8) is 0 Å². The second-order valence-electron chi connectivity index (χ2n) is 4.85. The Morgan fingerprint density at radius 3 is 2.55 bits per heavy atom. The van der Waals surface area contributed by atoms with E-state index in [2.05, 4.69) is 9.97 Å². The molecule has 22 heavy (non-hydrogen) atoms. The third kappa shape index (κ3) is 2.22. The molecule has 3 rings (SSSR count). The first-order chi connectivity index (χ1) is 10.4. The van der Waals surface area contributed by atoms with Gasteiger partial charge in [0.15, 0.2) is 11.2 Å². The van der Waals surface area contributed by atoms with Crippen LogP contribution in [0.3, 0.4) is 0 Å². The molecule has 3 heterocycles. The minimum absolute atomic E-state index is 0.00349. The van der Waals surface area contributed by atoms with Crippen LogP contribution in [0.25, 0.3) is 11.2 Å². The molecule has 0 saturated carbocycles. The van der Waals surface area contributed by atoms with Crippen molar-refractivity contribution in [2.45, 2.75) is 6.54 Å². The highest BCUT2D eigenvalue weighted by atomic mass is 35.5. The van der Waals surface area contributed by atoms with Crippen molar-refractivity contribution in [1.82, 2.24) is 23.7 Å². The summed E-state index contributed by atoms with van der Waals surface area (Å²) in [6.45, 7) is 0.00349. The number of halogens is 2. The summed E-state index contributed by atoms with van der Waals surface area (Å²) in [6, 6.07) is 1.53. The lowest BCUT2D eigenvalue weighted by atomic mass is 10.3. The van der Waals surface area contributed by atoms with Crippen LogP contribution in [0.1, 0.15) is 5.69 Å². The molecule has 3 aromatic rings. The van der Waals surface area contributed by atoms with Gasteiger partial charge in [-0.25, -0.2) is 9.78 Å². The first-order valence-corrected chi connectivity index (χ1v) is 7.06. The molecule has 114 valence electrons. The highest BCUT2D eigenvalue weighted by Crippen LogP contribution is 2.20. The zero-order chi connectivity index (χ0) is 16.0. The van der Waals surface area contributed by atoms with Crippen LogP contribution in [0, 0.1) is 0 Å². The van der Waals surface area contributed by atoms with E-state index in [0.29, 0.717) is 26.9 Å². The van der Waals surface area contributed by atoms with Gasteiger partial charge in [0, 0.05) is 20.3 Å². The number of imidazole rings is 1. The second-order valence-corrected chi connectivity index (χ2v) is 5.66. The number of rotatable bonds is 2. The molecule has 0 spiro atoms. The number of aryl methyl sites for hydroxylation is 2. The summed E-state index contributed by atoms with van der Waals surface area (Å²) in [5, 5.41) is 0.630. The first kappa shape index (κ1) is 14.8. The van der Waals surface area contributed by atoms with E-state index in [-0.39, 0.29) is 6.54 Å². The highest BCUT2D eigenvalue weighted by Gasteiger charge is 2.15. The Kier molecular flexibility index (Phi) is 3.54. The fourth-order valence-corrected chi connectivity index (χ4v) is 2.52. The van der Waals surface area contributed by atoms with Crippen molar-refractivity contribution in [3.8, 4) is 0 Å². The standard InChI is InChI=1S/C13H11Cl2N5O2/c1-18-6-17-11-10(18)12(21)20(13(22)19(11)2)5-7-3-8(14)9(15)4-16-7/h3-4,6H,5H2,1-2H3. The van der Waals surface area contributed by atoms with Crippen LogP contribution in [-0.4, -0.2) is 23.7 Å². The normalized spacial score (nSPS) is 11.3. The van der Waals surface area contributed by atoms with Crippen molar-refractivity contribution >= 4 is 34.4 Å². The molecular formula is C13H11Cl2N5O2. The van der Waals surface area contributed by atoms with E-state index in [1.54, 1.807) is 18.7 Å². The summed E-state index contributed by atoms with van der Waals surface area (Å²) in [4.78, 5) is 33.1. The highest BCUT2D eigenvalue weighted by molar-refractivity contribution is 6.41. The van der Waals surface area contributed by atoms with Crippen molar-refractivity contribution < 1.29 is 0 Å². The van der Waals surface area contributed by atoms with Gasteiger partial charge in [-0.3, -0.25) is 18.9 Å². The van der Waals surface area contributed by atoms with Crippen LogP contribution in [0.2, 0.25) is 10.0 Å². The van der Waals surface area contributed by atoms with E-state index in [0.717, 1.165) is 4.57 Å². The Hall–Kier alpha value is -2.12. The van der Waals surface area contributed by atoms with Gasteiger partial charge < -0.3 is 4.57 Å². The number of hydrogen-bond donors (Lipinski definition) is 0. The summed E-state index contributed by atoms with van der Waals surface area (Å²) in [7, 11) is 3.26. The smallest absolute Gasteiger partial charge is 0.328 e. The van der Waals surface area contributed by atoms with Crippen molar-refractivity contribution in [3.05, 3.63) is 55.2 Å². The molecule has 0 amide bonds. The Labute approximate surface area is 134 Å². The lowest BCUT2D eigenvalue weighted by molar-refractivity contribution is 0.645. The minimum atomic E-state index is -0.468. The quantitative estimate of drug-likeness (QED) is 0.702. The van der Waals surface area contributed by atoms with Gasteiger partial charge in [-0.1, -0.05) is 23.2 Å². The molecule has 0 aliphatic rings. The molecule has 0 fully saturated rings. The van der Waals surface area contributed by atoms with Gasteiger partial charge in [0.25, 0.3) is 5.56 Å². The van der Waals surface area contributed by atoms with Crippen LogP contribution in [0.4, 0.5) is 0 Å². The van der Waals surface area contributed by atoms with E-state index in [1.165, 1.54) is 23.2 Å². The monoisotopic (exact) mass is 339 g/mol. The lowest BCUT2D eigenvalue weighted by Crippen LogP contribution is -2.40. The van der Waals surface area contributed by atoms with Gasteiger partial charge in [0.05, 0.1) is 28.6 Å². The van der Waals surface area contributed by atoms with E-state index in [4.69, 9.17) is 23.2 Å². The average molecular weight is 340 g/mol. The summed E-state index contributed by atoms with van der Waals surface area (Å²) in [5.74, 6) is 0. The zero-order valence-electron chi connectivity index (χ0n) is 11.7. The van der Waals surface area contributed by atoms with Crippen molar-refractivity contribution in [1.29, 1.82) is 0 Å². The summed E-state index contributed by atoms with van der Waals surface area (Å²) >= 11 is 11.8. The van der Waals surface area contributed by atoms with Gasteiger partial charge in [-0.05, 0) is 6.07 Å². The fourth-order valence-electron chi connectivity index (χ4n) is 2.24. The molecule has 7 nitrogen and oxygen atoms in total. The third-order valence-corrected chi connectivity index (χ3v) is 4.10. The van der Waals surface area contributed by atoms with Crippen molar-refractivity contribution in [2.75, 3.05) is 0 Å². The molecule has 0 aromatic carbocycles. The topological polar surface area (TPSA) is 74.7 Å². The Morgan fingerprint density at radius 2 is 1.86 bits per heavy atom. The molecule has 0 bridgehead atoms. The molecule has 0 N–H and O–H groups in total. The molecule has 0 atom stereocenters. The molecule has 0 aliphatic heterocycles. The number of aromatic nitrogens is 5. The summed E-state index contributed by atoms with van der Waals surface area (Å²) in [6.07, 6.45) is 2.88. The Morgan fingerprint density at radius 1 is 1.14 bits per heavy atom. The van der Waals surface area contributed by atoms with E-state index in [1.807, 2.05) is 0 Å². The van der Waals surface area contributed by atoms with E-state index >= 15 is 0 Å². The van der Waals surface area contributed by atoms with Gasteiger partial charge in [0.1, 0.15) is 0 Å². The number of nitrogens with zero attached hydrogens (tertiary/aromatic N) is 5. The van der Waals surface area contributed by atoms with Crippen LogP contribution >= 0.6 is 23.2 Å². The van der Waals surface area contributed by atoms with Crippen LogP contribution in [-0.2, 0) is 20.6 Å². The van der Waals surface area contributed by atoms with E-state index < -0.39 is 11.2 Å². The molecule has 0 radical (unpaired) electrons. The maximum Gasteiger partial charge on any atom is 0.332 e. The SMILES string of the molecule is Cn1cnc2c1c(=O)n(Cc1cc(Cl)c(Cl)cn1)c(=O)n2C. The second kappa shape index (κ2) is 5.26. The average Bonchev–Trinajstić information content (AvgIpc) is 2.87. The van der Waals surface area contributed by atoms with Gasteiger partial charge >= 0.3 is 5.69 Å². The summed E-state index contributed by atoms with van der Waals surface area (Å²) in [5.41, 5.74) is 0.267. The maximum atomic E-state index is 12.5. The van der Waals surface area contributed by atoms with Gasteiger partial charge in [-0.2, -0.15) is 0 Å². The molecule has 0 unspecified atom stereocenters. The van der Waals surface area contributed by atoms with E-state index in [9.17, 15) is 9.59 Å². The number of fused-ring (bicyclic) bond motifs is 1. The molecule has 0 saturated heterocycles. The van der Waals surface area contributed by atoms with Crippen LogP contribution in [0.5, 0.6) is 0 Å². The molecular weight excluding hydrogens is 329 g/mol. The summed E-state index contributed by atoms with van der Waals surface area (Å²) < 4.78 is 4.00. The Balaban J connectivity index is 2.22. The zero-order valence-corrected chi connectivity index (χ0v) is 13.3. The van der Waals surface area contributed by atoms with Crippen molar-refractivity contribution in [2.24, 2.45) is 14.1 Å². The maximum absolute atomic E-state index is 12.5. The first-order valence-electron chi connectivity index (χ1n) is 6.31. The lowest BCUT2D eigenvalue weighted by Gasteiger charge is -2.08. The van der Waals surface area contributed by atoms with Crippen LogP contribution in [0.15, 0.2) is 28.2 Å². The van der Waals surface area contributed by atoms with Crippen LogP contribution < -0.4 is 11.2 Å². The largest absolute Gasteiger partial charge is 0.332 e. The molecule has 0 aliphatic carbocycles. The predicted octanol–water partition coefficient (Wildman–Crippen LogP) is 1.18. The van der Waals surface area contributed by atoms with Gasteiger partial charge in [0.2, 0.25) is 0 Å². The number of pyridine rings is 1. The molecule has 3 aromatic heterocycles. The number of hydrogen-bond acceptors (Lipinski definition) is 4. The Bertz CT molecular complexity index is 1000. The predicted molar refractivity (Wildman–Crippen MR) is 83.6 cm³/mol. The molecule has 9 heteroatoms. The third-order valence-electron chi connectivity index (χ3n) is 3.39. The minimum Gasteiger partial charge on any atom is -0.328 e. The fraction of sp³-hybridized carbons (Fsp3) is 0.231. The van der Waals surface area contributed by atoms with Gasteiger partial charge in [-0.15, -0.1) is 0 Å².